The van der Waals surface area contributed by atoms with E-state index < -0.39 is 15.8 Å². The van der Waals surface area contributed by atoms with Gasteiger partial charge in [-0.25, -0.2) is 12.8 Å². The number of nitrogens with zero attached hydrogens (tertiary/aromatic N) is 1. The fourth-order valence-electron chi connectivity index (χ4n) is 1.58. The molecule has 2 rings (SSSR count). The summed E-state index contributed by atoms with van der Waals surface area (Å²) >= 11 is 6.41. The largest absolute Gasteiger partial charge is 0.280 e. The summed E-state index contributed by atoms with van der Waals surface area (Å²) in [6.45, 7) is 0. The molecule has 108 valence electrons. The smallest absolute Gasteiger partial charge is 0.263 e. The highest BCUT2D eigenvalue weighted by atomic mass is 79.9. The van der Waals surface area contributed by atoms with Crippen molar-refractivity contribution in [2.45, 2.75) is 4.90 Å². The Bertz CT molecular complexity index is 848. The molecule has 0 amide bonds. The molecule has 21 heavy (non-hydrogen) atoms. The summed E-state index contributed by atoms with van der Waals surface area (Å²) in [4.78, 5) is 0.0357. The van der Waals surface area contributed by atoms with Crippen molar-refractivity contribution >= 4 is 47.6 Å². The standard InChI is InChI=1S/C13H7Br2FN2O2S/c14-9-1-4-13(11(15)6-9)21(19,20)18-10-2-3-12(16)8(5-10)7-17/h1-6,18H. The van der Waals surface area contributed by atoms with E-state index in [0.29, 0.717) is 4.47 Å². The molecule has 0 spiro atoms. The van der Waals surface area contributed by atoms with Crippen LogP contribution in [0.1, 0.15) is 5.56 Å². The minimum atomic E-state index is -3.85. The van der Waals surface area contributed by atoms with Crippen LogP contribution in [-0.2, 0) is 10.0 Å². The predicted molar refractivity (Wildman–Crippen MR) is 83.8 cm³/mol. The second-order valence-electron chi connectivity index (χ2n) is 3.99. The lowest BCUT2D eigenvalue weighted by Gasteiger charge is -2.10. The first-order valence-electron chi connectivity index (χ1n) is 5.51. The van der Waals surface area contributed by atoms with Crippen LogP contribution in [-0.4, -0.2) is 8.42 Å². The van der Waals surface area contributed by atoms with Crippen molar-refractivity contribution in [3.63, 3.8) is 0 Å². The maximum atomic E-state index is 13.2. The van der Waals surface area contributed by atoms with Gasteiger partial charge in [0, 0.05) is 8.95 Å². The van der Waals surface area contributed by atoms with Crippen molar-refractivity contribution in [2.75, 3.05) is 4.72 Å². The Labute approximate surface area is 137 Å². The van der Waals surface area contributed by atoms with Crippen LogP contribution < -0.4 is 4.72 Å². The maximum Gasteiger partial charge on any atom is 0.263 e. The van der Waals surface area contributed by atoms with E-state index in [1.54, 1.807) is 18.2 Å². The highest BCUT2D eigenvalue weighted by molar-refractivity contribution is 9.11. The molecule has 1 N–H and O–H groups in total. The van der Waals surface area contributed by atoms with Gasteiger partial charge in [-0.2, -0.15) is 5.26 Å². The van der Waals surface area contributed by atoms with Crippen molar-refractivity contribution in [3.05, 3.63) is 56.7 Å². The molecule has 0 radical (unpaired) electrons. The molecule has 0 aliphatic carbocycles. The number of benzene rings is 2. The molecular weight excluding hydrogens is 427 g/mol. The zero-order valence-electron chi connectivity index (χ0n) is 10.3. The monoisotopic (exact) mass is 432 g/mol. The Morgan fingerprint density at radius 2 is 1.86 bits per heavy atom. The molecule has 0 saturated carbocycles. The lowest BCUT2D eigenvalue weighted by atomic mass is 10.2. The Morgan fingerprint density at radius 1 is 1.14 bits per heavy atom. The minimum absolute atomic E-state index is 0.0357. The molecule has 0 atom stereocenters. The SMILES string of the molecule is N#Cc1cc(NS(=O)(=O)c2ccc(Br)cc2Br)ccc1F. The topological polar surface area (TPSA) is 70.0 Å². The lowest BCUT2D eigenvalue weighted by Crippen LogP contribution is -2.13. The molecular formula is C13H7Br2FN2O2S. The molecule has 0 bridgehead atoms. The normalized spacial score (nSPS) is 11.0. The number of hydrogen-bond acceptors (Lipinski definition) is 3. The van der Waals surface area contributed by atoms with Crippen molar-refractivity contribution in [1.29, 1.82) is 5.26 Å². The van der Waals surface area contributed by atoms with Gasteiger partial charge in [0.1, 0.15) is 16.8 Å². The lowest BCUT2D eigenvalue weighted by molar-refractivity contribution is 0.600. The fourth-order valence-corrected chi connectivity index (χ4v) is 4.37. The van der Waals surface area contributed by atoms with Gasteiger partial charge in [-0.15, -0.1) is 0 Å². The molecule has 0 aromatic heterocycles. The average molecular weight is 434 g/mol. The van der Waals surface area contributed by atoms with Crippen molar-refractivity contribution < 1.29 is 12.8 Å². The fraction of sp³-hybridized carbons (Fsp3) is 0. The highest BCUT2D eigenvalue weighted by Crippen LogP contribution is 2.27. The summed E-state index contributed by atoms with van der Waals surface area (Å²) in [5.41, 5.74) is -0.118. The third kappa shape index (κ3) is 3.61. The molecule has 4 nitrogen and oxygen atoms in total. The number of rotatable bonds is 3. The van der Waals surface area contributed by atoms with Crippen LogP contribution in [0.5, 0.6) is 0 Å². The number of sulfonamides is 1. The van der Waals surface area contributed by atoms with Crippen LogP contribution in [0.25, 0.3) is 0 Å². The first kappa shape index (κ1) is 15.9. The van der Waals surface area contributed by atoms with Crippen molar-refractivity contribution in [2.24, 2.45) is 0 Å². The van der Waals surface area contributed by atoms with E-state index in [-0.39, 0.29) is 16.1 Å². The van der Waals surface area contributed by atoms with Crippen molar-refractivity contribution in [1.82, 2.24) is 0 Å². The Kier molecular flexibility index (Phi) is 4.66. The molecule has 0 heterocycles. The number of hydrogen-bond donors (Lipinski definition) is 1. The number of nitrogens with one attached hydrogen (secondary N) is 1. The van der Waals surface area contributed by atoms with Crippen LogP contribution in [0.2, 0.25) is 0 Å². The second kappa shape index (κ2) is 6.13. The van der Waals surface area contributed by atoms with E-state index in [9.17, 15) is 12.8 Å². The van der Waals surface area contributed by atoms with Gasteiger partial charge in [-0.05, 0) is 52.3 Å². The van der Waals surface area contributed by atoms with E-state index in [2.05, 4.69) is 36.6 Å². The third-order valence-electron chi connectivity index (χ3n) is 2.52. The summed E-state index contributed by atoms with van der Waals surface area (Å²) in [6.07, 6.45) is 0. The summed E-state index contributed by atoms with van der Waals surface area (Å²) < 4.78 is 41.2. The molecule has 0 saturated heterocycles. The van der Waals surface area contributed by atoms with Crippen LogP contribution >= 0.6 is 31.9 Å². The second-order valence-corrected chi connectivity index (χ2v) is 7.41. The quantitative estimate of drug-likeness (QED) is 0.794. The van der Waals surface area contributed by atoms with Gasteiger partial charge in [0.15, 0.2) is 0 Å². The maximum absolute atomic E-state index is 13.2. The van der Waals surface area contributed by atoms with Gasteiger partial charge in [0.2, 0.25) is 0 Å². The van der Waals surface area contributed by atoms with E-state index in [0.717, 1.165) is 16.6 Å². The first-order chi connectivity index (χ1) is 9.83. The molecule has 2 aromatic rings. The Hall–Kier alpha value is -1.43. The summed E-state index contributed by atoms with van der Waals surface area (Å²) in [7, 11) is -3.85. The molecule has 0 fully saturated rings. The van der Waals surface area contributed by atoms with Gasteiger partial charge in [-0.3, -0.25) is 4.72 Å². The zero-order valence-corrected chi connectivity index (χ0v) is 14.3. The number of halogens is 3. The molecule has 8 heteroatoms. The third-order valence-corrected chi connectivity index (χ3v) is 5.37. The van der Waals surface area contributed by atoms with E-state index >= 15 is 0 Å². The first-order valence-corrected chi connectivity index (χ1v) is 8.58. The molecule has 2 aromatic carbocycles. The summed E-state index contributed by atoms with van der Waals surface area (Å²) in [5.74, 6) is -0.703. The van der Waals surface area contributed by atoms with Crippen LogP contribution in [0.3, 0.4) is 0 Å². The molecule has 0 unspecified atom stereocenters. The van der Waals surface area contributed by atoms with Gasteiger partial charge in [0.05, 0.1) is 11.3 Å². The Morgan fingerprint density at radius 3 is 2.48 bits per heavy atom. The van der Waals surface area contributed by atoms with E-state index in [1.807, 2.05) is 0 Å². The van der Waals surface area contributed by atoms with Gasteiger partial charge in [0.25, 0.3) is 10.0 Å². The summed E-state index contributed by atoms with van der Waals surface area (Å²) in [6, 6.07) is 9.69. The molecule has 0 aliphatic rings. The van der Waals surface area contributed by atoms with E-state index in [1.165, 1.54) is 12.1 Å². The zero-order chi connectivity index (χ0) is 15.6. The van der Waals surface area contributed by atoms with E-state index in [4.69, 9.17) is 5.26 Å². The highest BCUT2D eigenvalue weighted by Gasteiger charge is 2.18. The van der Waals surface area contributed by atoms with Gasteiger partial charge in [-0.1, -0.05) is 15.9 Å². The number of anilines is 1. The molecule has 0 aliphatic heterocycles. The predicted octanol–water partition coefficient (Wildman–Crippen LogP) is 4.02. The Balaban J connectivity index is 2.40. The minimum Gasteiger partial charge on any atom is -0.280 e. The average Bonchev–Trinajstić information content (AvgIpc) is 2.40. The van der Waals surface area contributed by atoms with Crippen LogP contribution in [0, 0.1) is 17.1 Å². The van der Waals surface area contributed by atoms with Crippen LogP contribution in [0.15, 0.2) is 50.2 Å². The van der Waals surface area contributed by atoms with Crippen LogP contribution in [0.4, 0.5) is 10.1 Å². The van der Waals surface area contributed by atoms with Gasteiger partial charge < -0.3 is 0 Å². The van der Waals surface area contributed by atoms with Gasteiger partial charge >= 0.3 is 0 Å². The van der Waals surface area contributed by atoms with Crippen molar-refractivity contribution in [3.8, 4) is 6.07 Å². The number of nitriles is 1. The summed E-state index contributed by atoms with van der Waals surface area (Å²) in [5, 5.41) is 8.75.